The molecular formula is C18H16BrCl. The van der Waals surface area contributed by atoms with Crippen LogP contribution in [0.1, 0.15) is 43.2 Å². The van der Waals surface area contributed by atoms with Crippen LogP contribution in [-0.4, -0.2) is 0 Å². The molecule has 0 nitrogen and oxygen atoms in total. The van der Waals surface area contributed by atoms with Crippen LogP contribution in [0.2, 0.25) is 5.02 Å². The number of hydrogen-bond donors (Lipinski definition) is 0. The summed E-state index contributed by atoms with van der Waals surface area (Å²) in [5.74, 6) is 0. The molecule has 2 aliphatic carbocycles. The molecule has 2 aromatic rings. The van der Waals surface area contributed by atoms with Crippen LogP contribution >= 0.6 is 27.5 Å². The average molecular weight is 348 g/mol. The van der Waals surface area contributed by atoms with Crippen LogP contribution in [0.3, 0.4) is 0 Å². The highest BCUT2D eigenvalue weighted by Crippen LogP contribution is 2.56. The lowest BCUT2D eigenvalue weighted by Crippen LogP contribution is -2.27. The number of benzene rings is 2. The first-order valence-electron chi connectivity index (χ1n) is 7.31. The molecule has 4 rings (SSSR count). The minimum Gasteiger partial charge on any atom is -0.0843 e. The molecule has 0 unspecified atom stereocenters. The Labute approximate surface area is 133 Å². The summed E-state index contributed by atoms with van der Waals surface area (Å²) < 4.78 is 1.15. The second-order valence-electron chi connectivity index (χ2n) is 6.02. The van der Waals surface area contributed by atoms with E-state index in [4.69, 9.17) is 11.6 Å². The van der Waals surface area contributed by atoms with Crippen LogP contribution in [-0.2, 0) is 5.41 Å². The molecule has 0 heterocycles. The molecule has 0 atom stereocenters. The van der Waals surface area contributed by atoms with Gasteiger partial charge in [0, 0.05) is 14.9 Å². The van der Waals surface area contributed by atoms with Crippen LogP contribution in [0.5, 0.6) is 0 Å². The van der Waals surface area contributed by atoms with Crippen molar-refractivity contribution in [3.05, 3.63) is 57.0 Å². The Morgan fingerprint density at radius 2 is 1.50 bits per heavy atom. The van der Waals surface area contributed by atoms with Gasteiger partial charge in [-0.15, -0.1) is 0 Å². The lowest BCUT2D eigenvalue weighted by molar-refractivity contribution is 0.353. The second kappa shape index (κ2) is 4.61. The van der Waals surface area contributed by atoms with Crippen molar-refractivity contribution in [3.63, 3.8) is 0 Å². The van der Waals surface area contributed by atoms with Gasteiger partial charge in [-0.2, -0.15) is 0 Å². The van der Waals surface area contributed by atoms with Crippen molar-refractivity contribution < 1.29 is 0 Å². The molecule has 1 spiro atoms. The molecule has 0 radical (unpaired) electrons. The van der Waals surface area contributed by atoms with Crippen molar-refractivity contribution in [2.45, 2.75) is 37.5 Å². The summed E-state index contributed by atoms with van der Waals surface area (Å²) >= 11 is 9.86. The van der Waals surface area contributed by atoms with E-state index in [1.807, 2.05) is 0 Å². The van der Waals surface area contributed by atoms with E-state index in [-0.39, 0.29) is 5.41 Å². The lowest BCUT2D eigenvalue weighted by Gasteiger charge is -2.35. The average Bonchev–Trinajstić information content (AvgIpc) is 2.70. The molecule has 0 aliphatic heterocycles. The van der Waals surface area contributed by atoms with Gasteiger partial charge in [0.1, 0.15) is 0 Å². The number of fused-ring (bicyclic) bond motifs is 5. The van der Waals surface area contributed by atoms with Crippen molar-refractivity contribution >= 4 is 27.5 Å². The fraction of sp³-hybridized carbons (Fsp3) is 0.333. The topological polar surface area (TPSA) is 0 Å². The standard InChI is InChI=1S/C18H16BrCl/c19-12-4-6-16-14(10-12)15-11-13(20)5-7-17(15)18(16)8-2-1-3-9-18/h4-7,10-11H,1-3,8-9H2. The Balaban J connectivity index is 2.03. The molecular weight excluding hydrogens is 332 g/mol. The van der Waals surface area contributed by atoms with Crippen LogP contribution < -0.4 is 0 Å². The largest absolute Gasteiger partial charge is 0.0843 e. The Kier molecular flexibility index (Phi) is 2.98. The minimum absolute atomic E-state index is 0.244. The number of rotatable bonds is 0. The molecule has 2 aromatic carbocycles. The molecule has 0 saturated heterocycles. The SMILES string of the molecule is Clc1ccc2c(c1)-c1cc(Br)ccc1C21CCCCC1. The van der Waals surface area contributed by atoms with E-state index < -0.39 is 0 Å². The predicted octanol–water partition coefficient (Wildman–Crippen LogP) is 6.33. The predicted molar refractivity (Wildman–Crippen MR) is 88.5 cm³/mol. The molecule has 0 bridgehead atoms. The Hall–Kier alpha value is -0.790. The summed E-state index contributed by atoms with van der Waals surface area (Å²) in [7, 11) is 0. The van der Waals surface area contributed by atoms with Crippen molar-refractivity contribution in [3.8, 4) is 11.1 Å². The van der Waals surface area contributed by atoms with Gasteiger partial charge in [-0.1, -0.05) is 58.9 Å². The summed E-state index contributed by atoms with van der Waals surface area (Å²) in [6.07, 6.45) is 6.58. The fourth-order valence-corrected chi connectivity index (χ4v) is 4.69. The van der Waals surface area contributed by atoms with E-state index in [1.165, 1.54) is 54.4 Å². The molecule has 0 amide bonds. The van der Waals surface area contributed by atoms with Crippen molar-refractivity contribution in [2.24, 2.45) is 0 Å². The molecule has 2 heteroatoms. The summed E-state index contributed by atoms with van der Waals surface area (Å²) in [6, 6.07) is 13.2. The van der Waals surface area contributed by atoms with Crippen molar-refractivity contribution in [1.29, 1.82) is 0 Å². The van der Waals surface area contributed by atoms with E-state index >= 15 is 0 Å². The first-order valence-corrected chi connectivity index (χ1v) is 8.48. The summed E-state index contributed by atoms with van der Waals surface area (Å²) in [5.41, 5.74) is 5.97. The molecule has 0 N–H and O–H groups in total. The van der Waals surface area contributed by atoms with Gasteiger partial charge in [-0.3, -0.25) is 0 Å². The molecule has 20 heavy (non-hydrogen) atoms. The van der Waals surface area contributed by atoms with Crippen LogP contribution in [0.25, 0.3) is 11.1 Å². The van der Waals surface area contributed by atoms with Crippen LogP contribution in [0.4, 0.5) is 0 Å². The molecule has 102 valence electrons. The fourth-order valence-electron chi connectivity index (χ4n) is 4.15. The molecule has 1 saturated carbocycles. The first-order chi connectivity index (χ1) is 9.71. The number of halogens is 2. The third-order valence-corrected chi connectivity index (χ3v) is 5.72. The van der Waals surface area contributed by atoms with E-state index in [0.29, 0.717) is 0 Å². The first kappa shape index (κ1) is 12.9. The quantitative estimate of drug-likeness (QED) is 0.522. The maximum atomic E-state index is 6.25. The summed E-state index contributed by atoms with van der Waals surface area (Å²) in [6.45, 7) is 0. The smallest absolute Gasteiger partial charge is 0.0412 e. The van der Waals surface area contributed by atoms with Gasteiger partial charge in [0.15, 0.2) is 0 Å². The van der Waals surface area contributed by atoms with Gasteiger partial charge in [-0.25, -0.2) is 0 Å². The maximum absolute atomic E-state index is 6.25. The highest BCUT2D eigenvalue weighted by Gasteiger charge is 2.43. The highest BCUT2D eigenvalue weighted by atomic mass is 79.9. The zero-order valence-electron chi connectivity index (χ0n) is 11.3. The third kappa shape index (κ3) is 1.72. The van der Waals surface area contributed by atoms with Gasteiger partial charge in [0.05, 0.1) is 0 Å². The van der Waals surface area contributed by atoms with Crippen LogP contribution in [0, 0.1) is 0 Å². The van der Waals surface area contributed by atoms with Crippen molar-refractivity contribution in [1.82, 2.24) is 0 Å². The van der Waals surface area contributed by atoms with E-state index in [0.717, 1.165) is 9.50 Å². The molecule has 0 aromatic heterocycles. The third-order valence-electron chi connectivity index (χ3n) is 4.99. The van der Waals surface area contributed by atoms with E-state index in [9.17, 15) is 0 Å². The monoisotopic (exact) mass is 346 g/mol. The Bertz CT molecular complexity index is 630. The zero-order chi connectivity index (χ0) is 13.7. The van der Waals surface area contributed by atoms with Gasteiger partial charge in [0.2, 0.25) is 0 Å². The minimum atomic E-state index is 0.244. The van der Waals surface area contributed by atoms with E-state index in [1.54, 1.807) is 0 Å². The second-order valence-corrected chi connectivity index (χ2v) is 7.37. The highest BCUT2D eigenvalue weighted by molar-refractivity contribution is 9.10. The van der Waals surface area contributed by atoms with Gasteiger partial charge in [0.25, 0.3) is 0 Å². The zero-order valence-corrected chi connectivity index (χ0v) is 13.6. The summed E-state index contributed by atoms with van der Waals surface area (Å²) in [4.78, 5) is 0. The Morgan fingerprint density at radius 1 is 0.850 bits per heavy atom. The van der Waals surface area contributed by atoms with E-state index in [2.05, 4.69) is 52.3 Å². The van der Waals surface area contributed by atoms with Gasteiger partial charge >= 0.3 is 0 Å². The normalized spacial score (nSPS) is 18.9. The number of hydrogen-bond acceptors (Lipinski definition) is 0. The van der Waals surface area contributed by atoms with Gasteiger partial charge in [-0.05, 0) is 59.4 Å². The Morgan fingerprint density at radius 3 is 2.25 bits per heavy atom. The van der Waals surface area contributed by atoms with Crippen LogP contribution in [0.15, 0.2) is 40.9 Å². The molecule has 1 fully saturated rings. The maximum Gasteiger partial charge on any atom is 0.0412 e. The summed E-state index contributed by atoms with van der Waals surface area (Å²) in [5, 5.41) is 0.836. The van der Waals surface area contributed by atoms with Gasteiger partial charge < -0.3 is 0 Å². The lowest BCUT2D eigenvalue weighted by atomic mass is 9.68. The van der Waals surface area contributed by atoms with Crippen molar-refractivity contribution in [2.75, 3.05) is 0 Å². The molecule has 2 aliphatic rings.